The molecule has 0 aromatic rings. The van der Waals surface area contributed by atoms with Gasteiger partial charge in [-0.25, -0.2) is 0 Å². The first-order chi connectivity index (χ1) is 24.2. The van der Waals surface area contributed by atoms with Gasteiger partial charge in [0.05, 0.1) is 32.0 Å². The van der Waals surface area contributed by atoms with Crippen LogP contribution in [0.4, 0.5) is 0 Å². The molecule has 0 spiro atoms. The second-order valence-electron chi connectivity index (χ2n) is 17.6. The van der Waals surface area contributed by atoms with Crippen molar-refractivity contribution < 1.29 is 54.3 Å². The van der Waals surface area contributed by atoms with Gasteiger partial charge >= 0.3 is 0 Å². The first-order valence-electron chi connectivity index (χ1n) is 19.7. The largest absolute Gasteiger partial charge is 0.393 e. The second-order valence-corrected chi connectivity index (χ2v) is 17.6. The van der Waals surface area contributed by atoms with Crippen molar-refractivity contribution in [2.45, 2.75) is 154 Å². The predicted molar refractivity (Wildman–Crippen MR) is 189 cm³/mol. The molecule has 6 N–H and O–H groups in total. The number of fused-ring (bicyclic) bond motifs is 5. The minimum Gasteiger partial charge on any atom is -0.393 e. The lowest BCUT2D eigenvalue weighted by atomic mass is 9.47. The van der Waals surface area contributed by atoms with Gasteiger partial charge in [-0.05, 0) is 98.2 Å². The van der Waals surface area contributed by atoms with E-state index in [0.717, 1.165) is 38.5 Å². The van der Waals surface area contributed by atoms with Crippen LogP contribution in [0.25, 0.3) is 0 Å². The Bertz CT molecular complexity index is 1240. The Balaban J connectivity index is 1.05. The summed E-state index contributed by atoms with van der Waals surface area (Å²) in [7, 11) is 1.51. The maximum absolute atomic E-state index is 11.7. The Labute approximate surface area is 304 Å². The lowest BCUT2D eigenvalue weighted by Crippen LogP contribution is -2.56. The summed E-state index contributed by atoms with van der Waals surface area (Å²) in [6.45, 7) is 11.7. The van der Waals surface area contributed by atoms with E-state index in [1.54, 1.807) is 0 Å². The van der Waals surface area contributed by atoms with Crippen molar-refractivity contribution in [3.8, 4) is 0 Å². The normalized spacial score (nSPS) is 46.0. The van der Waals surface area contributed by atoms with Crippen LogP contribution >= 0.6 is 0 Å². The molecule has 0 amide bonds. The van der Waals surface area contributed by atoms with Crippen LogP contribution in [0.5, 0.6) is 0 Å². The third-order valence-corrected chi connectivity index (χ3v) is 14.5. The molecule has 0 aromatic carbocycles. The van der Waals surface area contributed by atoms with E-state index >= 15 is 0 Å². The smallest absolute Gasteiger partial charge is 0.186 e. The summed E-state index contributed by atoms with van der Waals surface area (Å²) >= 11 is 0. The molecular weight excluding hydrogens is 656 g/mol. The first-order valence-corrected chi connectivity index (χ1v) is 19.7. The van der Waals surface area contributed by atoms with Crippen LogP contribution in [-0.2, 0) is 23.7 Å². The maximum Gasteiger partial charge on any atom is 0.186 e. The van der Waals surface area contributed by atoms with Gasteiger partial charge in [-0.1, -0.05) is 57.9 Å². The summed E-state index contributed by atoms with van der Waals surface area (Å²) in [5, 5.41) is 62.2. The van der Waals surface area contributed by atoms with Gasteiger partial charge < -0.3 is 54.3 Å². The zero-order valence-electron chi connectivity index (χ0n) is 31.6. The summed E-state index contributed by atoms with van der Waals surface area (Å²) in [5.74, 6) is 2.36. The van der Waals surface area contributed by atoms with Gasteiger partial charge in [-0.15, -0.1) is 0 Å². The summed E-state index contributed by atoms with van der Waals surface area (Å²) < 4.78 is 28.8. The molecule has 6 rings (SSSR count). The average molecular weight is 723 g/mol. The highest BCUT2D eigenvalue weighted by atomic mass is 16.7. The molecule has 2 aliphatic heterocycles. The third-order valence-electron chi connectivity index (χ3n) is 14.5. The molecule has 2 saturated carbocycles. The summed E-state index contributed by atoms with van der Waals surface area (Å²) in [6.07, 6.45) is 4.94. The van der Waals surface area contributed by atoms with E-state index in [4.69, 9.17) is 23.7 Å². The van der Waals surface area contributed by atoms with E-state index in [2.05, 4.69) is 46.8 Å². The van der Waals surface area contributed by atoms with Crippen LogP contribution in [0.2, 0.25) is 0 Å². The fourth-order valence-electron chi connectivity index (χ4n) is 11.1. The molecule has 17 atom stereocenters. The quantitative estimate of drug-likeness (QED) is 0.163. The zero-order chi connectivity index (χ0) is 36.8. The summed E-state index contributed by atoms with van der Waals surface area (Å²) in [4.78, 5) is 0. The van der Waals surface area contributed by atoms with E-state index in [1.807, 2.05) is 0 Å². The number of aliphatic hydroxyl groups is 6. The lowest BCUT2D eigenvalue weighted by molar-refractivity contribution is -0.290. The van der Waals surface area contributed by atoms with Crippen LogP contribution < -0.4 is 0 Å². The SMILES string of the molecule is CO[C@H]1[C@H](O[C@H]2CC[C@@]3(C)C(=CC[C@@H]4[C@@H]3CC[C@]3(C)C([C@H](C)[C@H](O)C[C@H](CCO[C@@H]5OC[C@@H](O)[C@H](O)[C@H]5O)C(C)C)=CC[C@@H]43)C2)OC[C@@H](O)[C@@H]1O. The standard InChI is InChI=1S/C40H66O11/c1-21(2)23(13-16-48-37-35(46)33(44)31(42)19-49-37)17-30(41)22(3)27-9-10-28-26-8-7-24-18-25(51-38-36(47-6)34(45)32(43)20-50-38)11-14-39(24,4)29(26)12-15-40(27,28)5/h7,9,21-23,25-26,28-38,41-46H,8,10-20H2,1-6H3/t22-,23-,25-,26-,28-,29-,30+,31+,32+,33-,34-,35+,36+,37+,38-,39-,40+/m0/s1. The number of methoxy groups -OCH3 is 1. The Morgan fingerprint density at radius 3 is 2.24 bits per heavy atom. The van der Waals surface area contributed by atoms with Crippen molar-refractivity contribution in [2.75, 3.05) is 26.9 Å². The monoisotopic (exact) mass is 722 g/mol. The second kappa shape index (κ2) is 16.0. The highest BCUT2D eigenvalue weighted by molar-refractivity contribution is 5.31. The van der Waals surface area contributed by atoms with Crippen molar-refractivity contribution in [3.63, 3.8) is 0 Å². The number of aliphatic hydroxyl groups excluding tert-OH is 6. The molecule has 11 nitrogen and oxygen atoms in total. The number of allylic oxidation sites excluding steroid dienone is 2. The van der Waals surface area contributed by atoms with Crippen molar-refractivity contribution in [3.05, 3.63) is 23.3 Å². The van der Waals surface area contributed by atoms with Gasteiger partial charge in [0, 0.05) is 13.0 Å². The molecule has 4 aliphatic carbocycles. The van der Waals surface area contributed by atoms with Crippen LogP contribution in [-0.4, -0.2) is 119 Å². The topological polar surface area (TPSA) is 168 Å². The molecule has 0 radical (unpaired) electrons. The van der Waals surface area contributed by atoms with E-state index in [-0.39, 0.29) is 42.0 Å². The lowest BCUT2D eigenvalue weighted by Gasteiger charge is -2.58. The van der Waals surface area contributed by atoms with Gasteiger partial charge in [0.1, 0.15) is 36.6 Å². The molecule has 2 saturated heterocycles. The van der Waals surface area contributed by atoms with Crippen molar-refractivity contribution >= 4 is 0 Å². The number of ether oxygens (including phenoxy) is 5. The van der Waals surface area contributed by atoms with Crippen LogP contribution in [0.3, 0.4) is 0 Å². The van der Waals surface area contributed by atoms with Gasteiger partial charge in [0.2, 0.25) is 0 Å². The number of rotatable bonds is 12. The first kappa shape index (κ1) is 39.7. The molecule has 0 unspecified atom stereocenters. The van der Waals surface area contributed by atoms with E-state index in [0.29, 0.717) is 43.1 Å². The van der Waals surface area contributed by atoms with Crippen LogP contribution in [0.15, 0.2) is 23.3 Å². The Morgan fingerprint density at radius 1 is 0.843 bits per heavy atom. The predicted octanol–water partition coefficient (Wildman–Crippen LogP) is 3.47. The summed E-state index contributed by atoms with van der Waals surface area (Å²) in [6, 6.07) is 0. The van der Waals surface area contributed by atoms with Crippen molar-refractivity contribution in [1.29, 1.82) is 0 Å². The van der Waals surface area contributed by atoms with Gasteiger partial charge in [0.25, 0.3) is 0 Å². The molecule has 4 fully saturated rings. The van der Waals surface area contributed by atoms with Gasteiger partial charge in [-0.3, -0.25) is 0 Å². The average Bonchev–Trinajstić information content (AvgIpc) is 3.46. The van der Waals surface area contributed by atoms with E-state index in [9.17, 15) is 30.6 Å². The molecule has 51 heavy (non-hydrogen) atoms. The Hall–Kier alpha value is -0.960. The highest BCUT2D eigenvalue weighted by Crippen LogP contribution is 2.66. The van der Waals surface area contributed by atoms with Crippen molar-refractivity contribution in [1.82, 2.24) is 0 Å². The van der Waals surface area contributed by atoms with Crippen molar-refractivity contribution in [2.24, 2.45) is 46.3 Å². The van der Waals surface area contributed by atoms with Gasteiger partial charge in [-0.2, -0.15) is 0 Å². The fraction of sp³-hybridized carbons (Fsp3) is 0.900. The molecule has 0 bridgehead atoms. The summed E-state index contributed by atoms with van der Waals surface area (Å²) in [5.41, 5.74) is 3.11. The van der Waals surface area contributed by atoms with Crippen LogP contribution in [0.1, 0.15) is 92.4 Å². The maximum atomic E-state index is 11.7. The van der Waals surface area contributed by atoms with E-state index in [1.165, 1.54) is 24.7 Å². The van der Waals surface area contributed by atoms with Gasteiger partial charge in [0.15, 0.2) is 12.6 Å². The Morgan fingerprint density at radius 2 is 1.53 bits per heavy atom. The minimum absolute atomic E-state index is 0.0164. The van der Waals surface area contributed by atoms with Crippen LogP contribution in [0, 0.1) is 46.3 Å². The number of hydrogen-bond donors (Lipinski definition) is 6. The third kappa shape index (κ3) is 7.66. The fourth-order valence-corrected chi connectivity index (χ4v) is 11.1. The zero-order valence-corrected chi connectivity index (χ0v) is 31.6. The Kier molecular flexibility index (Phi) is 12.5. The molecular formula is C40H66O11. The molecule has 2 heterocycles. The number of hydrogen-bond acceptors (Lipinski definition) is 11. The molecule has 11 heteroatoms. The molecule has 292 valence electrons. The molecule has 6 aliphatic rings. The highest BCUT2D eigenvalue weighted by Gasteiger charge is 2.58. The van der Waals surface area contributed by atoms with E-state index < -0.39 is 55.3 Å². The minimum atomic E-state index is -1.30. The molecule has 0 aromatic heterocycles.